The number of ether oxygens (including phenoxy) is 3. The maximum Gasteiger partial charge on any atom is 0.341 e. The molecule has 0 amide bonds. The highest BCUT2D eigenvalue weighted by atomic mass is 16.7. The molecule has 0 saturated carbocycles. The summed E-state index contributed by atoms with van der Waals surface area (Å²) < 4.78 is 17.0. The van der Waals surface area contributed by atoms with Gasteiger partial charge in [-0.25, -0.2) is 4.79 Å². The molecule has 0 fully saturated rings. The van der Waals surface area contributed by atoms with E-state index in [2.05, 4.69) is 6.58 Å². The Morgan fingerprint density at radius 2 is 1.71 bits per heavy atom. The van der Waals surface area contributed by atoms with Crippen LogP contribution in [0.2, 0.25) is 0 Å². The van der Waals surface area contributed by atoms with Crippen molar-refractivity contribution in [3.63, 3.8) is 0 Å². The van der Waals surface area contributed by atoms with Gasteiger partial charge in [-0.2, -0.15) is 0 Å². The van der Waals surface area contributed by atoms with Crippen molar-refractivity contribution in [1.82, 2.24) is 0 Å². The van der Waals surface area contributed by atoms with Crippen molar-refractivity contribution in [1.29, 1.82) is 0 Å². The SMILES string of the molecule is C=C(C(=O)OCC)C(C)(OC1=CCCC1)OC1=CCCC1. The molecule has 21 heavy (non-hydrogen) atoms. The molecule has 0 saturated heterocycles. The van der Waals surface area contributed by atoms with Crippen LogP contribution < -0.4 is 0 Å². The van der Waals surface area contributed by atoms with E-state index in [0.717, 1.165) is 50.0 Å². The zero-order valence-electron chi connectivity index (χ0n) is 12.9. The lowest BCUT2D eigenvalue weighted by Crippen LogP contribution is -2.37. The molecule has 0 aromatic carbocycles. The molecular weight excluding hydrogens is 268 g/mol. The fourth-order valence-electron chi connectivity index (χ4n) is 2.52. The summed E-state index contributed by atoms with van der Waals surface area (Å²) >= 11 is 0. The van der Waals surface area contributed by atoms with Crippen LogP contribution in [0.15, 0.2) is 35.8 Å². The molecule has 0 bridgehead atoms. The predicted octanol–water partition coefficient (Wildman–Crippen LogP) is 3.99. The molecule has 0 aromatic heterocycles. The Labute approximate surface area is 126 Å². The second-order valence-corrected chi connectivity index (χ2v) is 5.47. The Hall–Kier alpha value is -1.71. The Morgan fingerprint density at radius 3 is 2.10 bits per heavy atom. The number of hydrogen-bond acceptors (Lipinski definition) is 4. The van der Waals surface area contributed by atoms with Crippen LogP contribution in [0, 0.1) is 0 Å². The number of esters is 1. The molecule has 2 aliphatic rings. The Balaban J connectivity index is 2.14. The molecule has 0 atom stereocenters. The Bertz CT molecular complexity index is 447. The van der Waals surface area contributed by atoms with Crippen LogP contribution >= 0.6 is 0 Å². The summed E-state index contributed by atoms with van der Waals surface area (Å²) in [5.74, 6) is 0.0544. The highest BCUT2D eigenvalue weighted by Gasteiger charge is 2.39. The first-order valence-electron chi connectivity index (χ1n) is 7.68. The first kappa shape index (κ1) is 15.7. The lowest BCUT2D eigenvalue weighted by atomic mass is 10.1. The van der Waals surface area contributed by atoms with Crippen molar-refractivity contribution < 1.29 is 19.0 Å². The molecule has 2 aliphatic carbocycles. The summed E-state index contributed by atoms with van der Waals surface area (Å²) in [4.78, 5) is 12.0. The summed E-state index contributed by atoms with van der Waals surface area (Å²) in [6.07, 6.45) is 9.97. The van der Waals surface area contributed by atoms with Gasteiger partial charge in [-0.1, -0.05) is 6.58 Å². The lowest BCUT2D eigenvalue weighted by Gasteiger charge is -2.33. The quantitative estimate of drug-likeness (QED) is 0.404. The minimum atomic E-state index is -1.20. The number of hydrogen-bond donors (Lipinski definition) is 0. The van der Waals surface area contributed by atoms with Gasteiger partial charge in [-0.3, -0.25) is 0 Å². The van der Waals surface area contributed by atoms with Crippen LogP contribution in [0.25, 0.3) is 0 Å². The van der Waals surface area contributed by atoms with Crippen LogP contribution in [0.1, 0.15) is 52.4 Å². The van der Waals surface area contributed by atoms with Crippen LogP contribution in [0.5, 0.6) is 0 Å². The minimum absolute atomic E-state index is 0.199. The first-order valence-corrected chi connectivity index (χ1v) is 7.68. The van der Waals surface area contributed by atoms with Crippen molar-refractivity contribution in [3.8, 4) is 0 Å². The average Bonchev–Trinajstić information content (AvgIpc) is 3.11. The summed E-state index contributed by atoms with van der Waals surface area (Å²) in [6.45, 7) is 7.66. The van der Waals surface area contributed by atoms with Crippen molar-refractivity contribution >= 4 is 5.97 Å². The topological polar surface area (TPSA) is 44.8 Å². The third kappa shape index (κ3) is 3.90. The minimum Gasteiger partial charge on any atom is -0.462 e. The van der Waals surface area contributed by atoms with Gasteiger partial charge in [0.25, 0.3) is 5.79 Å². The van der Waals surface area contributed by atoms with E-state index in [4.69, 9.17) is 14.2 Å². The summed E-state index contributed by atoms with van der Waals surface area (Å²) in [7, 11) is 0. The zero-order chi connectivity index (χ0) is 15.3. The number of carbonyl (C=O) groups excluding carboxylic acids is 1. The number of allylic oxidation sites excluding steroid dienone is 4. The second-order valence-electron chi connectivity index (χ2n) is 5.47. The monoisotopic (exact) mass is 292 g/mol. The van der Waals surface area contributed by atoms with Crippen molar-refractivity contribution in [2.75, 3.05) is 6.61 Å². The molecular formula is C17H24O4. The maximum atomic E-state index is 12.0. The molecule has 0 spiro atoms. The van der Waals surface area contributed by atoms with Gasteiger partial charge >= 0.3 is 5.97 Å². The molecule has 0 unspecified atom stereocenters. The largest absolute Gasteiger partial charge is 0.462 e. The number of rotatable bonds is 7. The molecule has 0 N–H and O–H groups in total. The Morgan fingerprint density at radius 1 is 1.19 bits per heavy atom. The van der Waals surface area contributed by atoms with E-state index in [-0.39, 0.29) is 5.57 Å². The van der Waals surface area contributed by atoms with E-state index in [1.54, 1.807) is 13.8 Å². The molecule has 0 aliphatic heterocycles. The fraction of sp³-hybridized carbons (Fsp3) is 0.588. The van der Waals surface area contributed by atoms with E-state index in [1.165, 1.54) is 0 Å². The van der Waals surface area contributed by atoms with E-state index in [9.17, 15) is 4.79 Å². The second kappa shape index (κ2) is 6.83. The third-order valence-corrected chi connectivity index (χ3v) is 3.72. The molecule has 0 heterocycles. The molecule has 0 aromatic rings. The summed E-state index contributed by atoms with van der Waals surface area (Å²) in [5.41, 5.74) is 0.199. The normalized spacial score (nSPS) is 18.0. The van der Waals surface area contributed by atoms with Crippen molar-refractivity contribution in [3.05, 3.63) is 35.8 Å². The highest BCUT2D eigenvalue weighted by molar-refractivity contribution is 5.89. The van der Waals surface area contributed by atoms with Crippen LogP contribution in [0.3, 0.4) is 0 Å². The fourth-order valence-corrected chi connectivity index (χ4v) is 2.52. The molecule has 0 radical (unpaired) electrons. The van der Waals surface area contributed by atoms with Gasteiger partial charge in [-0.05, 0) is 44.8 Å². The van der Waals surface area contributed by atoms with Gasteiger partial charge in [0.1, 0.15) is 5.57 Å². The maximum absolute atomic E-state index is 12.0. The zero-order valence-corrected chi connectivity index (χ0v) is 12.9. The number of carbonyl (C=O) groups is 1. The highest BCUT2D eigenvalue weighted by Crippen LogP contribution is 2.34. The lowest BCUT2D eigenvalue weighted by molar-refractivity contribution is -0.168. The van der Waals surface area contributed by atoms with E-state index >= 15 is 0 Å². The van der Waals surface area contributed by atoms with Gasteiger partial charge in [0.15, 0.2) is 0 Å². The third-order valence-electron chi connectivity index (χ3n) is 3.72. The van der Waals surface area contributed by atoms with E-state index in [0.29, 0.717) is 6.61 Å². The first-order chi connectivity index (χ1) is 10.0. The van der Waals surface area contributed by atoms with Gasteiger partial charge in [0.05, 0.1) is 18.1 Å². The van der Waals surface area contributed by atoms with Gasteiger partial charge in [0, 0.05) is 19.8 Å². The van der Waals surface area contributed by atoms with Gasteiger partial charge in [-0.15, -0.1) is 0 Å². The van der Waals surface area contributed by atoms with Crippen LogP contribution in [-0.4, -0.2) is 18.4 Å². The Kier molecular flexibility index (Phi) is 5.10. The van der Waals surface area contributed by atoms with Crippen molar-refractivity contribution in [2.45, 2.75) is 58.2 Å². The average molecular weight is 292 g/mol. The van der Waals surface area contributed by atoms with E-state index < -0.39 is 11.8 Å². The molecule has 4 heteroatoms. The molecule has 2 rings (SSSR count). The summed E-state index contributed by atoms with van der Waals surface area (Å²) in [5, 5.41) is 0. The van der Waals surface area contributed by atoms with Crippen LogP contribution in [-0.2, 0) is 19.0 Å². The predicted molar refractivity (Wildman–Crippen MR) is 80.2 cm³/mol. The smallest absolute Gasteiger partial charge is 0.341 e. The molecule has 4 nitrogen and oxygen atoms in total. The molecule has 116 valence electrons. The van der Waals surface area contributed by atoms with Crippen molar-refractivity contribution in [2.24, 2.45) is 0 Å². The van der Waals surface area contributed by atoms with Gasteiger partial charge in [0.2, 0.25) is 0 Å². The van der Waals surface area contributed by atoms with Gasteiger partial charge < -0.3 is 14.2 Å². The van der Waals surface area contributed by atoms with E-state index in [1.807, 2.05) is 12.2 Å². The van der Waals surface area contributed by atoms with Crippen LogP contribution in [0.4, 0.5) is 0 Å². The standard InChI is InChI=1S/C17H24O4/c1-4-19-16(18)13(2)17(3,20-14-9-5-6-10-14)21-15-11-7-8-12-15/h9,11H,2,4-8,10,12H2,1,3H3. The summed E-state index contributed by atoms with van der Waals surface area (Å²) in [6, 6.07) is 0.